The van der Waals surface area contributed by atoms with Gasteiger partial charge in [-0.3, -0.25) is 4.68 Å². The lowest BCUT2D eigenvalue weighted by Crippen LogP contribution is -2.52. The molecule has 2 N–H and O–H groups in total. The van der Waals surface area contributed by atoms with Crippen LogP contribution in [0.1, 0.15) is 44.5 Å². The number of amides is 2. The molecule has 1 fully saturated rings. The van der Waals surface area contributed by atoms with Gasteiger partial charge in [-0.05, 0) is 40.0 Å². The number of rotatable bonds is 4. The molecule has 0 aliphatic carbocycles. The van der Waals surface area contributed by atoms with Gasteiger partial charge in [0.1, 0.15) is 0 Å². The maximum absolute atomic E-state index is 12.3. The first-order chi connectivity index (χ1) is 10.0. The Kier molecular flexibility index (Phi) is 4.88. The second-order valence-electron chi connectivity index (χ2n) is 5.69. The number of urea groups is 1. The Morgan fingerprint density at radius 3 is 2.52 bits per heavy atom. The van der Waals surface area contributed by atoms with E-state index in [1.165, 1.54) is 0 Å². The summed E-state index contributed by atoms with van der Waals surface area (Å²) < 4.78 is 7.30. The van der Waals surface area contributed by atoms with Crippen molar-refractivity contribution in [2.24, 2.45) is 0 Å². The van der Waals surface area contributed by atoms with Crippen molar-refractivity contribution in [2.75, 3.05) is 18.5 Å². The average Bonchev–Trinajstić information content (AvgIpc) is 2.75. The molecule has 0 aromatic carbocycles. The molecule has 1 aromatic rings. The number of ether oxygens (including phenoxy) is 1. The van der Waals surface area contributed by atoms with Gasteiger partial charge in [0, 0.05) is 25.3 Å². The van der Waals surface area contributed by atoms with Crippen molar-refractivity contribution < 1.29 is 9.53 Å². The summed E-state index contributed by atoms with van der Waals surface area (Å²) in [6.45, 7) is 10.3. The van der Waals surface area contributed by atoms with Gasteiger partial charge in [0.05, 0.1) is 17.1 Å². The second kappa shape index (κ2) is 6.47. The Labute approximate surface area is 126 Å². The van der Waals surface area contributed by atoms with Gasteiger partial charge in [-0.15, -0.1) is 0 Å². The Morgan fingerprint density at radius 2 is 2.00 bits per heavy atom. The summed E-state index contributed by atoms with van der Waals surface area (Å²) >= 11 is 0. The van der Waals surface area contributed by atoms with Crippen LogP contribution in [0.5, 0.6) is 0 Å². The number of anilines is 1. The summed E-state index contributed by atoms with van der Waals surface area (Å²) in [4.78, 5) is 12.3. The molecule has 1 aliphatic heterocycles. The summed E-state index contributed by atoms with van der Waals surface area (Å²) in [7, 11) is 0. The molecule has 118 valence electrons. The van der Waals surface area contributed by atoms with E-state index in [4.69, 9.17) is 4.74 Å². The number of nitrogens with one attached hydrogen (secondary N) is 2. The van der Waals surface area contributed by atoms with Crippen molar-refractivity contribution in [1.82, 2.24) is 15.1 Å². The molecule has 6 heteroatoms. The highest BCUT2D eigenvalue weighted by Crippen LogP contribution is 2.25. The van der Waals surface area contributed by atoms with Gasteiger partial charge in [-0.2, -0.15) is 5.10 Å². The van der Waals surface area contributed by atoms with Crippen molar-refractivity contribution in [1.29, 1.82) is 0 Å². The van der Waals surface area contributed by atoms with Crippen LogP contribution < -0.4 is 10.6 Å². The predicted octanol–water partition coefficient (Wildman–Crippen LogP) is 2.60. The molecular formula is C15H26N4O2. The van der Waals surface area contributed by atoms with E-state index in [9.17, 15) is 4.79 Å². The van der Waals surface area contributed by atoms with E-state index >= 15 is 0 Å². The lowest BCUT2D eigenvalue weighted by Gasteiger charge is -2.37. The Morgan fingerprint density at radius 1 is 1.33 bits per heavy atom. The minimum atomic E-state index is -0.152. The molecule has 6 nitrogen and oxygen atoms in total. The largest absolute Gasteiger partial charge is 0.381 e. The van der Waals surface area contributed by atoms with E-state index in [1.807, 2.05) is 25.5 Å². The molecule has 0 radical (unpaired) electrons. The molecule has 2 rings (SSSR count). The third kappa shape index (κ3) is 3.37. The van der Waals surface area contributed by atoms with Crippen LogP contribution in [0.2, 0.25) is 0 Å². The number of aryl methyl sites for hydroxylation is 2. The van der Waals surface area contributed by atoms with Crippen LogP contribution in [-0.4, -0.2) is 34.6 Å². The summed E-state index contributed by atoms with van der Waals surface area (Å²) in [5.41, 5.74) is 2.50. The lowest BCUT2D eigenvalue weighted by molar-refractivity contribution is 0.0416. The topological polar surface area (TPSA) is 68.2 Å². The van der Waals surface area contributed by atoms with Crippen LogP contribution in [-0.2, 0) is 11.3 Å². The fraction of sp³-hybridized carbons (Fsp3) is 0.733. The number of hydrogen-bond donors (Lipinski definition) is 2. The van der Waals surface area contributed by atoms with E-state index in [0.29, 0.717) is 13.2 Å². The Bertz CT molecular complexity index is 504. The fourth-order valence-electron chi connectivity index (χ4n) is 2.90. The van der Waals surface area contributed by atoms with Crippen LogP contribution in [0.25, 0.3) is 0 Å². The van der Waals surface area contributed by atoms with Gasteiger partial charge in [-0.1, -0.05) is 6.92 Å². The maximum atomic E-state index is 12.3. The number of aromatic nitrogens is 2. The van der Waals surface area contributed by atoms with Crippen molar-refractivity contribution in [3.63, 3.8) is 0 Å². The lowest BCUT2D eigenvalue weighted by atomic mass is 9.87. The minimum Gasteiger partial charge on any atom is -0.381 e. The normalized spacial score (nSPS) is 17.5. The fourth-order valence-corrected chi connectivity index (χ4v) is 2.90. The zero-order valence-corrected chi connectivity index (χ0v) is 13.5. The van der Waals surface area contributed by atoms with Crippen LogP contribution in [0.3, 0.4) is 0 Å². The van der Waals surface area contributed by atoms with Crippen LogP contribution in [0.15, 0.2) is 0 Å². The summed E-state index contributed by atoms with van der Waals surface area (Å²) in [5.74, 6) is 0. The van der Waals surface area contributed by atoms with Crippen molar-refractivity contribution in [3.8, 4) is 0 Å². The molecule has 21 heavy (non-hydrogen) atoms. The van der Waals surface area contributed by atoms with Gasteiger partial charge in [0.15, 0.2) is 0 Å². The molecule has 0 saturated carbocycles. The van der Waals surface area contributed by atoms with E-state index < -0.39 is 0 Å². The van der Waals surface area contributed by atoms with Gasteiger partial charge in [0.25, 0.3) is 0 Å². The molecule has 2 heterocycles. The average molecular weight is 294 g/mol. The predicted molar refractivity (Wildman–Crippen MR) is 82.6 cm³/mol. The first kappa shape index (κ1) is 15.8. The SMILES string of the molecule is CCn1nc(C)c(NC(=O)NC2(CC)CCOCC2)c1C. The number of carbonyl (C=O) groups is 1. The van der Waals surface area contributed by atoms with E-state index in [0.717, 1.165) is 42.9 Å². The van der Waals surface area contributed by atoms with Gasteiger partial charge in [0.2, 0.25) is 0 Å². The molecule has 2 amide bonds. The Balaban J connectivity index is 2.06. The van der Waals surface area contributed by atoms with Crippen molar-refractivity contribution in [2.45, 2.75) is 59.0 Å². The molecule has 0 bridgehead atoms. The van der Waals surface area contributed by atoms with Crippen LogP contribution in [0.4, 0.5) is 10.5 Å². The molecule has 0 spiro atoms. The van der Waals surface area contributed by atoms with E-state index in [2.05, 4.69) is 22.7 Å². The summed E-state index contributed by atoms with van der Waals surface area (Å²) in [6, 6.07) is -0.152. The Hall–Kier alpha value is -1.56. The van der Waals surface area contributed by atoms with Crippen molar-refractivity contribution in [3.05, 3.63) is 11.4 Å². The third-order valence-corrected chi connectivity index (χ3v) is 4.42. The van der Waals surface area contributed by atoms with Gasteiger partial charge >= 0.3 is 6.03 Å². The zero-order chi connectivity index (χ0) is 15.5. The number of nitrogens with zero attached hydrogens (tertiary/aromatic N) is 2. The maximum Gasteiger partial charge on any atom is 0.319 e. The molecule has 0 atom stereocenters. The van der Waals surface area contributed by atoms with Gasteiger partial charge in [-0.25, -0.2) is 4.79 Å². The first-order valence-corrected chi connectivity index (χ1v) is 7.72. The van der Waals surface area contributed by atoms with Crippen LogP contribution in [0, 0.1) is 13.8 Å². The van der Waals surface area contributed by atoms with Crippen molar-refractivity contribution >= 4 is 11.7 Å². The molecule has 1 aromatic heterocycles. The smallest absolute Gasteiger partial charge is 0.319 e. The highest BCUT2D eigenvalue weighted by molar-refractivity contribution is 5.91. The highest BCUT2D eigenvalue weighted by atomic mass is 16.5. The van der Waals surface area contributed by atoms with E-state index in [1.54, 1.807) is 0 Å². The number of hydrogen-bond acceptors (Lipinski definition) is 3. The molecule has 1 saturated heterocycles. The number of carbonyl (C=O) groups excluding carboxylic acids is 1. The van der Waals surface area contributed by atoms with Crippen LogP contribution >= 0.6 is 0 Å². The second-order valence-corrected chi connectivity index (χ2v) is 5.69. The standard InChI is InChI=1S/C15H26N4O2/c1-5-15(7-9-21-10-8-15)17-14(20)16-13-11(3)18-19(6-2)12(13)4/h5-10H2,1-4H3,(H2,16,17,20). The van der Waals surface area contributed by atoms with Gasteiger partial charge < -0.3 is 15.4 Å². The summed E-state index contributed by atoms with van der Waals surface area (Å²) in [5, 5.41) is 10.5. The third-order valence-electron chi connectivity index (χ3n) is 4.42. The highest BCUT2D eigenvalue weighted by Gasteiger charge is 2.32. The molecular weight excluding hydrogens is 268 g/mol. The zero-order valence-electron chi connectivity index (χ0n) is 13.5. The minimum absolute atomic E-state index is 0.148. The summed E-state index contributed by atoms with van der Waals surface area (Å²) in [6.07, 6.45) is 2.64. The molecule has 0 unspecified atom stereocenters. The van der Waals surface area contributed by atoms with E-state index in [-0.39, 0.29) is 11.6 Å². The first-order valence-electron chi connectivity index (χ1n) is 7.72. The quantitative estimate of drug-likeness (QED) is 0.897. The molecule has 1 aliphatic rings. The monoisotopic (exact) mass is 294 g/mol.